The van der Waals surface area contributed by atoms with E-state index in [2.05, 4.69) is 13.8 Å². The standard InChI is InChI=1S/C11H24O2/c1-5-9-10(6-2)11(12-7-3)13-8-4/h10-11H,5-9H2,1-4H3. The predicted octanol–water partition coefficient (Wildman–Crippen LogP) is 3.21. The molecule has 1 unspecified atom stereocenters. The lowest BCUT2D eigenvalue weighted by molar-refractivity contribution is -0.169. The average Bonchev–Trinajstić information content (AvgIpc) is 2.14. The van der Waals surface area contributed by atoms with Gasteiger partial charge in [-0.25, -0.2) is 0 Å². The highest BCUT2D eigenvalue weighted by molar-refractivity contribution is 4.60. The molecule has 0 aromatic carbocycles. The van der Waals surface area contributed by atoms with Crippen molar-refractivity contribution in [1.82, 2.24) is 0 Å². The molecule has 0 heterocycles. The average molecular weight is 188 g/mol. The zero-order valence-corrected chi connectivity index (χ0v) is 9.51. The topological polar surface area (TPSA) is 18.5 Å². The molecule has 0 rings (SSSR count). The zero-order chi connectivity index (χ0) is 10.1. The van der Waals surface area contributed by atoms with E-state index in [4.69, 9.17) is 9.47 Å². The largest absolute Gasteiger partial charge is 0.353 e. The van der Waals surface area contributed by atoms with Gasteiger partial charge in [-0.15, -0.1) is 0 Å². The minimum absolute atomic E-state index is 0.0138. The highest BCUT2D eigenvalue weighted by Crippen LogP contribution is 2.19. The third-order valence-electron chi connectivity index (χ3n) is 2.23. The first-order chi connectivity index (χ1) is 6.29. The van der Waals surface area contributed by atoms with Crippen LogP contribution in [0.3, 0.4) is 0 Å². The molecule has 0 fully saturated rings. The second-order valence-electron chi connectivity index (χ2n) is 3.24. The molecule has 13 heavy (non-hydrogen) atoms. The first-order valence-corrected chi connectivity index (χ1v) is 5.53. The van der Waals surface area contributed by atoms with E-state index in [0.29, 0.717) is 5.92 Å². The monoisotopic (exact) mass is 188 g/mol. The molecule has 1 atom stereocenters. The third-order valence-corrected chi connectivity index (χ3v) is 2.23. The lowest BCUT2D eigenvalue weighted by atomic mass is 10.0. The van der Waals surface area contributed by atoms with E-state index in [0.717, 1.165) is 19.6 Å². The number of rotatable bonds is 8. The van der Waals surface area contributed by atoms with Gasteiger partial charge in [-0.3, -0.25) is 0 Å². The maximum atomic E-state index is 5.57. The molecule has 2 nitrogen and oxygen atoms in total. The molecule has 0 saturated carbocycles. The SMILES string of the molecule is CCCC(CC)C(OCC)OCC. The van der Waals surface area contributed by atoms with Gasteiger partial charge in [0, 0.05) is 19.1 Å². The van der Waals surface area contributed by atoms with Crippen LogP contribution in [0.4, 0.5) is 0 Å². The molecule has 0 aromatic heterocycles. The van der Waals surface area contributed by atoms with E-state index in [1.165, 1.54) is 12.8 Å². The van der Waals surface area contributed by atoms with Gasteiger partial charge >= 0.3 is 0 Å². The molecule has 0 spiro atoms. The van der Waals surface area contributed by atoms with Crippen molar-refractivity contribution in [1.29, 1.82) is 0 Å². The molecular formula is C11H24O2. The highest BCUT2D eigenvalue weighted by Gasteiger charge is 2.19. The van der Waals surface area contributed by atoms with Gasteiger partial charge in [0.2, 0.25) is 0 Å². The summed E-state index contributed by atoms with van der Waals surface area (Å²) in [5.74, 6) is 0.560. The summed E-state index contributed by atoms with van der Waals surface area (Å²) in [4.78, 5) is 0. The van der Waals surface area contributed by atoms with E-state index in [1.807, 2.05) is 13.8 Å². The fraction of sp³-hybridized carbons (Fsp3) is 1.00. The maximum Gasteiger partial charge on any atom is 0.160 e. The Kier molecular flexibility index (Phi) is 8.46. The summed E-state index contributed by atoms with van der Waals surface area (Å²) >= 11 is 0. The van der Waals surface area contributed by atoms with E-state index in [-0.39, 0.29) is 6.29 Å². The van der Waals surface area contributed by atoms with E-state index in [1.54, 1.807) is 0 Å². The van der Waals surface area contributed by atoms with Crippen LogP contribution in [0.5, 0.6) is 0 Å². The fourth-order valence-electron chi connectivity index (χ4n) is 1.55. The highest BCUT2D eigenvalue weighted by atomic mass is 16.7. The van der Waals surface area contributed by atoms with Gasteiger partial charge in [0.1, 0.15) is 0 Å². The van der Waals surface area contributed by atoms with Gasteiger partial charge in [-0.2, -0.15) is 0 Å². The van der Waals surface area contributed by atoms with Crippen molar-refractivity contribution in [2.45, 2.75) is 53.2 Å². The van der Waals surface area contributed by atoms with Crippen molar-refractivity contribution >= 4 is 0 Å². The van der Waals surface area contributed by atoms with Gasteiger partial charge < -0.3 is 9.47 Å². The second-order valence-corrected chi connectivity index (χ2v) is 3.24. The summed E-state index contributed by atoms with van der Waals surface area (Å²) in [6.45, 7) is 9.92. The summed E-state index contributed by atoms with van der Waals surface area (Å²) < 4.78 is 11.1. The van der Waals surface area contributed by atoms with Crippen molar-refractivity contribution in [2.24, 2.45) is 5.92 Å². The predicted molar refractivity (Wildman–Crippen MR) is 55.7 cm³/mol. The van der Waals surface area contributed by atoms with E-state index < -0.39 is 0 Å². The Bertz CT molecular complexity index is 98.3. The second kappa shape index (κ2) is 8.52. The molecule has 0 aliphatic rings. The van der Waals surface area contributed by atoms with Gasteiger partial charge in [0.05, 0.1) is 0 Å². The Morgan fingerprint density at radius 3 is 1.77 bits per heavy atom. The molecule has 0 saturated heterocycles. The Morgan fingerprint density at radius 2 is 1.46 bits per heavy atom. The smallest absolute Gasteiger partial charge is 0.160 e. The normalized spacial score (nSPS) is 13.6. The van der Waals surface area contributed by atoms with Gasteiger partial charge in [0.15, 0.2) is 6.29 Å². The maximum absolute atomic E-state index is 5.57. The molecule has 0 N–H and O–H groups in total. The molecule has 0 amide bonds. The summed E-state index contributed by atoms with van der Waals surface area (Å²) in [6, 6.07) is 0. The summed E-state index contributed by atoms with van der Waals surface area (Å²) in [5.41, 5.74) is 0. The Balaban J connectivity index is 3.94. The van der Waals surface area contributed by atoms with Crippen LogP contribution in [0.1, 0.15) is 47.0 Å². The first kappa shape index (κ1) is 12.9. The van der Waals surface area contributed by atoms with Crippen molar-refractivity contribution in [2.75, 3.05) is 13.2 Å². The molecule has 0 radical (unpaired) electrons. The fourth-order valence-corrected chi connectivity index (χ4v) is 1.55. The molecule has 2 heteroatoms. The Labute approximate surface area is 82.6 Å². The van der Waals surface area contributed by atoms with Crippen LogP contribution in [0, 0.1) is 5.92 Å². The van der Waals surface area contributed by atoms with Crippen LogP contribution in [-0.2, 0) is 9.47 Å². The molecular weight excluding hydrogens is 164 g/mol. The minimum Gasteiger partial charge on any atom is -0.353 e. The van der Waals surface area contributed by atoms with Crippen LogP contribution in [0.25, 0.3) is 0 Å². The van der Waals surface area contributed by atoms with E-state index in [9.17, 15) is 0 Å². The van der Waals surface area contributed by atoms with Crippen LogP contribution >= 0.6 is 0 Å². The minimum atomic E-state index is 0.0138. The summed E-state index contributed by atoms with van der Waals surface area (Å²) in [5, 5.41) is 0. The van der Waals surface area contributed by atoms with Gasteiger partial charge in [0.25, 0.3) is 0 Å². The molecule has 0 aromatic rings. The van der Waals surface area contributed by atoms with Crippen molar-refractivity contribution in [3.63, 3.8) is 0 Å². The summed E-state index contributed by atoms with van der Waals surface area (Å²) in [7, 11) is 0. The van der Waals surface area contributed by atoms with Crippen LogP contribution < -0.4 is 0 Å². The number of ether oxygens (including phenoxy) is 2. The van der Waals surface area contributed by atoms with Crippen LogP contribution in [-0.4, -0.2) is 19.5 Å². The summed E-state index contributed by atoms with van der Waals surface area (Å²) in [6.07, 6.45) is 3.55. The third kappa shape index (κ3) is 5.27. The lowest BCUT2D eigenvalue weighted by Gasteiger charge is -2.25. The molecule has 0 bridgehead atoms. The lowest BCUT2D eigenvalue weighted by Crippen LogP contribution is -2.27. The number of hydrogen-bond donors (Lipinski definition) is 0. The zero-order valence-electron chi connectivity index (χ0n) is 9.51. The Morgan fingerprint density at radius 1 is 0.923 bits per heavy atom. The molecule has 0 aliphatic carbocycles. The van der Waals surface area contributed by atoms with Crippen molar-refractivity contribution in [3.8, 4) is 0 Å². The number of hydrogen-bond acceptors (Lipinski definition) is 2. The quantitative estimate of drug-likeness (QED) is 0.544. The van der Waals surface area contributed by atoms with Crippen molar-refractivity contribution < 1.29 is 9.47 Å². The van der Waals surface area contributed by atoms with Crippen LogP contribution in [0.15, 0.2) is 0 Å². The van der Waals surface area contributed by atoms with Gasteiger partial charge in [-0.05, 0) is 26.7 Å². The molecule has 80 valence electrons. The van der Waals surface area contributed by atoms with E-state index >= 15 is 0 Å². The molecule has 0 aliphatic heterocycles. The Hall–Kier alpha value is -0.0800. The van der Waals surface area contributed by atoms with Crippen LogP contribution in [0.2, 0.25) is 0 Å². The van der Waals surface area contributed by atoms with Crippen molar-refractivity contribution in [3.05, 3.63) is 0 Å². The first-order valence-electron chi connectivity index (χ1n) is 5.53. The van der Waals surface area contributed by atoms with Gasteiger partial charge in [-0.1, -0.05) is 20.3 Å².